The van der Waals surface area contributed by atoms with Crippen LogP contribution >= 0.6 is 0 Å². The van der Waals surface area contributed by atoms with Crippen LogP contribution in [0.15, 0.2) is 4.52 Å². The Balaban J connectivity index is 1.70. The molecule has 0 unspecified atom stereocenters. The molecule has 4 bridgehead atoms. The Morgan fingerprint density at radius 1 is 1.23 bits per heavy atom. The summed E-state index contributed by atoms with van der Waals surface area (Å²) >= 11 is 0. The number of aliphatic hydroxyl groups is 1. The molecule has 1 aromatic heterocycles. The molecule has 1 N–H and O–H groups in total. The summed E-state index contributed by atoms with van der Waals surface area (Å²) in [7, 11) is 4.02. The van der Waals surface area contributed by atoms with Crippen molar-refractivity contribution in [2.24, 2.45) is 11.3 Å². The number of hydrogen-bond donors (Lipinski definition) is 1. The van der Waals surface area contributed by atoms with E-state index in [1.807, 2.05) is 14.1 Å². The van der Waals surface area contributed by atoms with Gasteiger partial charge in [-0.25, -0.2) is 0 Å². The summed E-state index contributed by atoms with van der Waals surface area (Å²) in [5.74, 6) is 2.16. The molecule has 4 aliphatic rings. The number of hydrogen-bond acceptors (Lipinski definition) is 5. The Kier molecular flexibility index (Phi) is 3.02. The Hall–Kier alpha value is -0.940. The maximum atomic E-state index is 11.1. The number of aromatic nitrogens is 2. The molecule has 4 aliphatic carbocycles. The van der Waals surface area contributed by atoms with E-state index in [2.05, 4.69) is 17.0 Å². The first kappa shape index (κ1) is 14.6. The van der Waals surface area contributed by atoms with Gasteiger partial charge in [-0.3, -0.25) is 0 Å². The molecular formula is C17H27N3O2. The summed E-state index contributed by atoms with van der Waals surface area (Å²) in [5.41, 5.74) is -0.308. The molecule has 0 amide bonds. The van der Waals surface area contributed by atoms with Crippen molar-refractivity contribution in [2.45, 2.75) is 69.4 Å². The van der Waals surface area contributed by atoms with Crippen LogP contribution in [-0.4, -0.2) is 39.8 Å². The highest BCUT2D eigenvalue weighted by atomic mass is 16.5. The highest BCUT2D eigenvalue weighted by Gasteiger charge is 2.64. The summed E-state index contributed by atoms with van der Waals surface area (Å²) in [6.45, 7) is 2.97. The molecule has 5 rings (SSSR count). The third-order valence-electron chi connectivity index (χ3n) is 6.28. The Morgan fingerprint density at radius 2 is 2.05 bits per heavy atom. The van der Waals surface area contributed by atoms with Crippen LogP contribution < -0.4 is 0 Å². The zero-order valence-electron chi connectivity index (χ0n) is 13.9. The zero-order chi connectivity index (χ0) is 15.6. The molecule has 0 aromatic carbocycles. The molecular weight excluding hydrogens is 278 g/mol. The van der Waals surface area contributed by atoms with Crippen molar-refractivity contribution in [3.8, 4) is 0 Å². The van der Waals surface area contributed by atoms with Crippen molar-refractivity contribution in [1.82, 2.24) is 15.0 Å². The molecule has 0 aliphatic heterocycles. The molecule has 22 heavy (non-hydrogen) atoms. The van der Waals surface area contributed by atoms with Gasteiger partial charge in [-0.1, -0.05) is 18.5 Å². The molecule has 4 atom stereocenters. The Bertz CT molecular complexity index is 586. The SMILES string of the molecule is CC[C@@]12C[C@H]3C[C@@](O)(C1)C[C@@](c1nc(CN(C)C)no1)(C3)C2. The summed E-state index contributed by atoms with van der Waals surface area (Å²) < 4.78 is 5.69. The van der Waals surface area contributed by atoms with Crippen LogP contribution in [0.4, 0.5) is 0 Å². The molecule has 4 fully saturated rings. The summed E-state index contributed by atoms with van der Waals surface area (Å²) in [6.07, 6.45) is 7.38. The van der Waals surface area contributed by atoms with Crippen molar-refractivity contribution in [1.29, 1.82) is 0 Å². The third kappa shape index (κ3) is 2.13. The lowest BCUT2D eigenvalue weighted by Crippen LogP contribution is -2.61. The maximum Gasteiger partial charge on any atom is 0.233 e. The highest BCUT2D eigenvalue weighted by Crippen LogP contribution is 2.67. The van der Waals surface area contributed by atoms with Gasteiger partial charge in [0.05, 0.1) is 17.6 Å². The predicted molar refractivity (Wildman–Crippen MR) is 82.2 cm³/mol. The van der Waals surface area contributed by atoms with E-state index in [0.717, 1.165) is 50.2 Å². The van der Waals surface area contributed by atoms with Gasteiger partial charge in [0, 0.05) is 0 Å². The second-order valence-electron chi connectivity index (χ2n) is 8.62. The number of nitrogens with zero attached hydrogens (tertiary/aromatic N) is 3. The van der Waals surface area contributed by atoms with E-state index in [0.29, 0.717) is 12.5 Å². The van der Waals surface area contributed by atoms with E-state index < -0.39 is 5.60 Å². The van der Waals surface area contributed by atoms with Crippen LogP contribution in [-0.2, 0) is 12.0 Å². The van der Waals surface area contributed by atoms with Gasteiger partial charge in [0.1, 0.15) is 0 Å². The monoisotopic (exact) mass is 305 g/mol. The lowest BCUT2D eigenvalue weighted by Gasteiger charge is -2.64. The Morgan fingerprint density at radius 3 is 2.73 bits per heavy atom. The molecule has 0 spiro atoms. The first-order valence-electron chi connectivity index (χ1n) is 8.56. The third-order valence-corrected chi connectivity index (χ3v) is 6.28. The van der Waals surface area contributed by atoms with Crippen LogP contribution in [0.2, 0.25) is 0 Å². The van der Waals surface area contributed by atoms with Crippen LogP contribution in [0.1, 0.15) is 63.6 Å². The fraction of sp³-hybridized carbons (Fsp3) is 0.882. The van der Waals surface area contributed by atoms with E-state index in [4.69, 9.17) is 9.51 Å². The standard InChI is InChI=1S/C17H27N3O2/c1-4-15-5-12-6-16(9-15,11-17(21,7-12)10-15)14-18-13(19-22-14)8-20(2)3/h12,21H,4-11H2,1-3H3/t12-,15+,16-,17-/m1/s1. The average Bonchev–Trinajstić information content (AvgIpc) is 2.84. The van der Waals surface area contributed by atoms with Gasteiger partial charge in [-0.05, 0) is 64.0 Å². The second-order valence-corrected chi connectivity index (χ2v) is 8.62. The molecule has 1 heterocycles. The van der Waals surface area contributed by atoms with Gasteiger partial charge in [0.2, 0.25) is 5.89 Å². The van der Waals surface area contributed by atoms with Gasteiger partial charge in [0.15, 0.2) is 5.82 Å². The van der Waals surface area contributed by atoms with Crippen LogP contribution in [0.25, 0.3) is 0 Å². The summed E-state index contributed by atoms with van der Waals surface area (Å²) in [4.78, 5) is 6.76. The van der Waals surface area contributed by atoms with E-state index in [9.17, 15) is 5.11 Å². The minimum Gasteiger partial charge on any atom is -0.390 e. The van der Waals surface area contributed by atoms with Gasteiger partial charge >= 0.3 is 0 Å². The van der Waals surface area contributed by atoms with Crippen LogP contribution in [0.3, 0.4) is 0 Å². The molecule has 122 valence electrons. The largest absolute Gasteiger partial charge is 0.390 e. The highest BCUT2D eigenvalue weighted by molar-refractivity contribution is 5.22. The predicted octanol–water partition coefficient (Wildman–Crippen LogP) is 2.49. The molecule has 4 saturated carbocycles. The van der Waals surface area contributed by atoms with Crippen molar-refractivity contribution >= 4 is 0 Å². The Labute approximate surface area is 132 Å². The fourth-order valence-corrected chi connectivity index (χ4v) is 6.03. The molecule has 0 radical (unpaired) electrons. The fourth-order valence-electron chi connectivity index (χ4n) is 6.03. The molecule has 5 nitrogen and oxygen atoms in total. The second kappa shape index (κ2) is 4.54. The molecule has 0 saturated heterocycles. The van der Waals surface area contributed by atoms with Crippen molar-refractivity contribution in [2.75, 3.05) is 14.1 Å². The normalized spacial score (nSPS) is 43.2. The lowest BCUT2D eigenvalue weighted by atomic mass is 9.42. The average molecular weight is 305 g/mol. The summed E-state index contributed by atoms with van der Waals surface area (Å²) in [6, 6.07) is 0. The zero-order valence-corrected chi connectivity index (χ0v) is 13.9. The van der Waals surface area contributed by atoms with Crippen molar-refractivity contribution in [3.05, 3.63) is 11.7 Å². The lowest BCUT2D eigenvalue weighted by molar-refractivity contribution is -0.181. The topological polar surface area (TPSA) is 62.4 Å². The number of rotatable bonds is 4. The van der Waals surface area contributed by atoms with Gasteiger partial charge in [-0.2, -0.15) is 4.98 Å². The van der Waals surface area contributed by atoms with E-state index >= 15 is 0 Å². The molecule has 5 heteroatoms. The molecule has 1 aromatic rings. The first-order chi connectivity index (χ1) is 10.4. The van der Waals surface area contributed by atoms with Gasteiger partial charge in [0.25, 0.3) is 0 Å². The van der Waals surface area contributed by atoms with Crippen molar-refractivity contribution < 1.29 is 9.63 Å². The van der Waals surface area contributed by atoms with E-state index in [1.54, 1.807) is 0 Å². The van der Waals surface area contributed by atoms with Gasteiger partial charge < -0.3 is 14.5 Å². The van der Waals surface area contributed by atoms with Crippen LogP contribution in [0, 0.1) is 11.3 Å². The van der Waals surface area contributed by atoms with Gasteiger partial charge in [-0.15, -0.1) is 0 Å². The van der Waals surface area contributed by atoms with Crippen LogP contribution in [0.5, 0.6) is 0 Å². The quantitative estimate of drug-likeness (QED) is 0.926. The minimum absolute atomic E-state index is 0.0816. The maximum absolute atomic E-state index is 11.1. The minimum atomic E-state index is -0.508. The first-order valence-corrected chi connectivity index (χ1v) is 8.56. The summed E-state index contributed by atoms with van der Waals surface area (Å²) in [5, 5.41) is 15.3. The smallest absolute Gasteiger partial charge is 0.233 e. The van der Waals surface area contributed by atoms with E-state index in [-0.39, 0.29) is 10.8 Å². The van der Waals surface area contributed by atoms with E-state index in [1.165, 1.54) is 6.42 Å². The van der Waals surface area contributed by atoms with Crippen molar-refractivity contribution in [3.63, 3.8) is 0 Å².